The van der Waals surface area contributed by atoms with E-state index in [4.69, 9.17) is 0 Å². The maximum atomic E-state index is 12.5. The van der Waals surface area contributed by atoms with Gasteiger partial charge >= 0.3 is 0 Å². The highest BCUT2D eigenvalue weighted by molar-refractivity contribution is 7.13. The van der Waals surface area contributed by atoms with E-state index in [1.807, 2.05) is 43.3 Å². The topological polar surface area (TPSA) is 45.0 Å². The lowest BCUT2D eigenvalue weighted by atomic mass is 10.1. The van der Waals surface area contributed by atoms with Gasteiger partial charge < -0.3 is 4.90 Å². The SMILES string of the molecule is CCCN1C(=O)/C(=N/N=C\c2ccc(C)s2)c2ccccc21. The van der Waals surface area contributed by atoms with Gasteiger partial charge in [-0.2, -0.15) is 5.10 Å². The second kappa shape index (κ2) is 6.23. The normalized spacial score (nSPS) is 16.0. The summed E-state index contributed by atoms with van der Waals surface area (Å²) < 4.78 is 0. The minimum atomic E-state index is -0.0671. The molecule has 0 fully saturated rings. The molecule has 112 valence electrons. The summed E-state index contributed by atoms with van der Waals surface area (Å²) in [7, 11) is 0. The maximum Gasteiger partial charge on any atom is 0.279 e. The Morgan fingerprint density at radius 2 is 2.05 bits per heavy atom. The standard InChI is InChI=1S/C17H17N3OS/c1-3-10-20-15-7-5-4-6-14(15)16(17(20)21)19-18-11-13-9-8-12(2)22-13/h4-9,11H,3,10H2,1-2H3/b18-11-,19-16+. The first-order valence-corrected chi connectivity index (χ1v) is 8.11. The number of amides is 1. The fourth-order valence-electron chi connectivity index (χ4n) is 2.47. The smallest absolute Gasteiger partial charge is 0.279 e. The monoisotopic (exact) mass is 311 g/mol. The van der Waals surface area contributed by atoms with E-state index in [0.717, 1.165) is 22.5 Å². The number of rotatable bonds is 4. The van der Waals surface area contributed by atoms with Gasteiger partial charge in [-0.05, 0) is 31.5 Å². The molecule has 22 heavy (non-hydrogen) atoms. The third kappa shape index (κ3) is 2.72. The largest absolute Gasteiger partial charge is 0.306 e. The van der Waals surface area contributed by atoms with Gasteiger partial charge in [-0.3, -0.25) is 4.79 Å². The van der Waals surface area contributed by atoms with Crippen LogP contribution in [0.4, 0.5) is 5.69 Å². The molecule has 1 aromatic carbocycles. The van der Waals surface area contributed by atoms with Crippen molar-refractivity contribution in [1.82, 2.24) is 0 Å². The number of fused-ring (bicyclic) bond motifs is 1. The number of para-hydroxylation sites is 1. The minimum absolute atomic E-state index is 0.0671. The van der Waals surface area contributed by atoms with Crippen LogP contribution in [0.15, 0.2) is 46.6 Å². The van der Waals surface area contributed by atoms with Crippen molar-refractivity contribution in [2.45, 2.75) is 20.3 Å². The number of anilines is 1. The Balaban J connectivity index is 1.91. The van der Waals surface area contributed by atoms with E-state index in [-0.39, 0.29) is 5.91 Å². The highest BCUT2D eigenvalue weighted by Crippen LogP contribution is 2.29. The van der Waals surface area contributed by atoms with Gasteiger partial charge in [0.05, 0.1) is 11.9 Å². The van der Waals surface area contributed by atoms with Crippen molar-refractivity contribution < 1.29 is 4.79 Å². The predicted molar refractivity (Wildman–Crippen MR) is 92.3 cm³/mol. The molecule has 2 heterocycles. The molecule has 3 rings (SSSR count). The lowest BCUT2D eigenvalue weighted by Gasteiger charge is -2.14. The van der Waals surface area contributed by atoms with Gasteiger partial charge in [0, 0.05) is 21.9 Å². The fraction of sp³-hybridized carbons (Fsp3) is 0.235. The molecule has 2 aromatic rings. The van der Waals surface area contributed by atoms with Crippen molar-refractivity contribution in [2.24, 2.45) is 10.2 Å². The van der Waals surface area contributed by atoms with Crippen molar-refractivity contribution in [3.8, 4) is 0 Å². The number of carbonyl (C=O) groups is 1. The average Bonchev–Trinajstić information content (AvgIpc) is 3.04. The van der Waals surface area contributed by atoms with E-state index < -0.39 is 0 Å². The molecule has 1 amide bonds. The molecule has 1 aromatic heterocycles. The molecular formula is C17H17N3OS. The average molecular weight is 311 g/mol. The zero-order valence-electron chi connectivity index (χ0n) is 12.6. The van der Waals surface area contributed by atoms with E-state index >= 15 is 0 Å². The Labute approximate surface area is 133 Å². The second-order valence-corrected chi connectivity index (χ2v) is 6.44. The first kappa shape index (κ1) is 14.7. The van der Waals surface area contributed by atoms with E-state index in [2.05, 4.69) is 17.1 Å². The molecule has 0 N–H and O–H groups in total. The third-order valence-corrected chi connectivity index (χ3v) is 4.38. The molecule has 0 aliphatic carbocycles. The molecule has 5 heteroatoms. The predicted octanol–water partition coefficient (Wildman–Crippen LogP) is 3.64. The number of benzene rings is 1. The minimum Gasteiger partial charge on any atom is -0.306 e. The molecule has 0 saturated carbocycles. The molecule has 0 bridgehead atoms. The van der Waals surface area contributed by atoms with E-state index in [0.29, 0.717) is 12.3 Å². The van der Waals surface area contributed by atoms with Crippen LogP contribution < -0.4 is 4.90 Å². The molecule has 1 aliphatic heterocycles. The summed E-state index contributed by atoms with van der Waals surface area (Å²) in [6, 6.07) is 11.8. The van der Waals surface area contributed by atoms with Crippen LogP contribution in [-0.4, -0.2) is 24.4 Å². The van der Waals surface area contributed by atoms with E-state index in [9.17, 15) is 4.79 Å². The zero-order chi connectivity index (χ0) is 15.5. The van der Waals surface area contributed by atoms with Crippen LogP contribution in [0.25, 0.3) is 0 Å². The summed E-state index contributed by atoms with van der Waals surface area (Å²) >= 11 is 1.65. The van der Waals surface area contributed by atoms with Crippen LogP contribution >= 0.6 is 11.3 Å². The van der Waals surface area contributed by atoms with Crippen LogP contribution in [-0.2, 0) is 4.79 Å². The number of thiophene rings is 1. The number of aryl methyl sites for hydroxylation is 1. The van der Waals surface area contributed by atoms with Crippen molar-refractivity contribution in [3.05, 3.63) is 51.7 Å². The summed E-state index contributed by atoms with van der Waals surface area (Å²) in [6.45, 7) is 4.80. The quantitative estimate of drug-likeness (QED) is 0.628. The molecular weight excluding hydrogens is 294 g/mol. The van der Waals surface area contributed by atoms with Crippen molar-refractivity contribution in [2.75, 3.05) is 11.4 Å². The lowest BCUT2D eigenvalue weighted by Crippen LogP contribution is -2.30. The van der Waals surface area contributed by atoms with E-state index in [1.165, 1.54) is 4.88 Å². The summed E-state index contributed by atoms with van der Waals surface area (Å²) in [5, 5.41) is 8.29. The molecule has 0 saturated heterocycles. The number of nitrogens with zero attached hydrogens (tertiary/aromatic N) is 3. The van der Waals surface area contributed by atoms with Crippen molar-refractivity contribution in [1.29, 1.82) is 0 Å². The van der Waals surface area contributed by atoms with Crippen molar-refractivity contribution >= 4 is 34.9 Å². The number of carbonyl (C=O) groups excluding carboxylic acids is 1. The summed E-state index contributed by atoms with van der Waals surface area (Å²) in [5.74, 6) is -0.0671. The van der Waals surface area contributed by atoms with Crippen LogP contribution in [0.1, 0.15) is 28.7 Å². The molecule has 4 nitrogen and oxygen atoms in total. The van der Waals surface area contributed by atoms with Crippen molar-refractivity contribution in [3.63, 3.8) is 0 Å². The number of hydrogen-bond donors (Lipinski definition) is 0. The van der Waals surface area contributed by atoms with Gasteiger partial charge in [0.2, 0.25) is 0 Å². The van der Waals surface area contributed by atoms with Crippen LogP contribution in [0.5, 0.6) is 0 Å². The van der Waals surface area contributed by atoms with Gasteiger partial charge in [-0.25, -0.2) is 0 Å². The van der Waals surface area contributed by atoms with Gasteiger partial charge in [0.1, 0.15) is 0 Å². The first-order valence-electron chi connectivity index (χ1n) is 7.29. The number of hydrogen-bond acceptors (Lipinski definition) is 4. The molecule has 1 aliphatic rings. The van der Waals surface area contributed by atoms with Gasteiger partial charge in [-0.15, -0.1) is 16.4 Å². The second-order valence-electron chi connectivity index (χ2n) is 5.12. The Morgan fingerprint density at radius 3 is 2.77 bits per heavy atom. The zero-order valence-corrected chi connectivity index (χ0v) is 13.4. The highest BCUT2D eigenvalue weighted by atomic mass is 32.1. The van der Waals surface area contributed by atoms with Gasteiger partial charge in [-0.1, -0.05) is 25.1 Å². The Hall–Kier alpha value is -2.27. The Bertz CT molecular complexity index is 761. The summed E-state index contributed by atoms with van der Waals surface area (Å²) in [5.41, 5.74) is 2.21. The van der Waals surface area contributed by atoms with Gasteiger partial charge in [0.25, 0.3) is 5.91 Å². The molecule has 0 atom stereocenters. The fourth-order valence-corrected chi connectivity index (χ4v) is 3.21. The molecule has 0 radical (unpaired) electrons. The summed E-state index contributed by atoms with van der Waals surface area (Å²) in [6.07, 6.45) is 2.61. The summed E-state index contributed by atoms with van der Waals surface area (Å²) in [4.78, 5) is 16.6. The lowest BCUT2D eigenvalue weighted by molar-refractivity contribution is -0.112. The third-order valence-electron chi connectivity index (χ3n) is 3.45. The van der Waals surface area contributed by atoms with Crippen LogP contribution in [0.3, 0.4) is 0 Å². The first-order chi connectivity index (χ1) is 10.7. The Kier molecular flexibility index (Phi) is 4.15. The van der Waals surface area contributed by atoms with Crippen LogP contribution in [0, 0.1) is 6.92 Å². The van der Waals surface area contributed by atoms with Gasteiger partial charge in [0.15, 0.2) is 5.71 Å². The Morgan fingerprint density at radius 1 is 1.23 bits per heavy atom. The van der Waals surface area contributed by atoms with E-state index in [1.54, 1.807) is 22.5 Å². The maximum absolute atomic E-state index is 12.5. The van der Waals surface area contributed by atoms with Crippen LogP contribution in [0.2, 0.25) is 0 Å². The molecule has 0 unspecified atom stereocenters. The highest BCUT2D eigenvalue weighted by Gasteiger charge is 2.33. The molecule has 0 spiro atoms.